The van der Waals surface area contributed by atoms with Crippen molar-refractivity contribution in [2.45, 2.75) is 32.2 Å². The zero-order valence-electron chi connectivity index (χ0n) is 9.57. The van der Waals surface area contributed by atoms with Gasteiger partial charge in [-0.25, -0.2) is 0 Å². The van der Waals surface area contributed by atoms with Crippen LogP contribution in [-0.4, -0.2) is 32.3 Å². The van der Waals surface area contributed by atoms with Crippen LogP contribution in [0.4, 0.5) is 0 Å². The molecule has 0 aromatic rings. The monoisotopic (exact) mass is 215 g/mol. The van der Waals surface area contributed by atoms with Gasteiger partial charge in [-0.2, -0.15) is 0 Å². The Labute approximate surface area is 91.1 Å². The first-order valence-corrected chi connectivity index (χ1v) is 5.55. The summed E-state index contributed by atoms with van der Waals surface area (Å²) in [7, 11) is 1.42. The minimum Gasteiger partial charge on any atom is -0.469 e. The fourth-order valence-corrected chi connectivity index (χ4v) is 2.20. The lowest BCUT2D eigenvalue weighted by Gasteiger charge is -2.32. The van der Waals surface area contributed by atoms with E-state index in [9.17, 15) is 4.79 Å². The van der Waals surface area contributed by atoms with Crippen LogP contribution < -0.4 is 5.73 Å². The SMILES string of the molecule is COC(=O)CC(C(C)N)C1CCOCC1. The molecule has 1 aliphatic rings. The van der Waals surface area contributed by atoms with Crippen molar-refractivity contribution < 1.29 is 14.3 Å². The quantitative estimate of drug-likeness (QED) is 0.709. The van der Waals surface area contributed by atoms with Crippen LogP contribution in [0.1, 0.15) is 26.2 Å². The average Bonchev–Trinajstić information content (AvgIpc) is 2.26. The van der Waals surface area contributed by atoms with Gasteiger partial charge in [0.15, 0.2) is 0 Å². The van der Waals surface area contributed by atoms with E-state index in [1.165, 1.54) is 7.11 Å². The lowest BCUT2D eigenvalue weighted by Crippen LogP contribution is -2.37. The number of nitrogens with two attached hydrogens (primary N) is 1. The standard InChI is InChI=1S/C11H21NO3/c1-8(12)10(7-11(13)14-2)9-3-5-15-6-4-9/h8-10H,3-7,12H2,1-2H3. The van der Waals surface area contributed by atoms with E-state index in [1.807, 2.05) is 6.92 Å². The molecule has 0 spiro atoms. The van der Waals surface area contributed by atoms with E-state index in [4.69, 9.17) is 15.2 Å². The summed E-state index contributed by atoms with van der Waals surface area (Å²) in [6.07, 6.45) is 2.44. The maximum Gasteiger partial charge on any atom is 0.305 e. The molecule has 0 radical (unpaired) electrons. The fourth-order valence-electron chi connectivity index (χ4n) is 2.20. The van der Waals surface area contributed by atoms with Crippen LogP contribution in [0.5, 0.6) is 0 Å². The van der Waals surface area contributed by atoms with Crippen LogP contribution in [0.15, 0.2) is 0 Å². The van der Waals surface area contributed by atoms with Crippen LogP contribution in [-0.2, 0) is 14.3 Å². The molecule has 15 heavy (non-hydrogen) atoms. The van der Waals surface area contributed by atoms with E-state index in [0.717, 1.165) is 26.1 Å². The van der Waals surface area contributed by atoms with Crippen LogP contribution in [0, 0.1) is 11.8 Å². The third-order valence-electron chi connectivity index (χ3n) is 3.18. The summed E-state index contributed by atoms with van der Waals surface area (Å²) in [5.74, 6) is 0.558. The van der Waals surface area contributed by atoms with E-state index < -0.39 is 0 Å². The number of carbonyl (C=O) groups excluding carboxylic acids is 1. The summed E-state index contributed by atoms with van der Waals surface area (Å²) in [6.45, 7) is 3.53. The highest BCUT2D eigenvalue weighted by Gasteiger charge is 2.28. The maximum atomic E-state index is 11.3. The molecule has 1 rings (SSSR count). The molecule has 4 heteroatoms. The molecule has 2 N–H and O–H groups in total. The van der Waals surface area contributed by atoms with Crippen LogP contribution in [0.3, 0.4) is 0 Å². The molecular weight excluding hydrogens is 194 g/mol. The van der Waals surface area contributed by atoms with E-state index in [2.05, 4.69) is 0 Å². The molecule has 1 aliphatic heterocycles. The van der Waals surface area contributed by atoms with Gasteiger partial charge in [-0.1, -0.05) is 0 Å². The topological polar surface area (TPSA) is 61.5 Å². The molecule has 1 saturated heterocycles. The van der Waals surface area contributed by atoms with E-state index >= 15 is 0 Å². The van der Waals surface area contributed by atoms with Gasteiger partial charge in [0, 0.05) is 19.3 Å². The van der Waals surface area contributed by atoms with Crippen molar-refractivity contribution in [3.05, 3.63) is 0 Å². The van der Waals surface area contributed by atoms with Crippen molar-refractivity contribution in [2.75, 3.05) is 20.3 Å². The van der Waals surface area contributed by atoms with Gasteiger partial charge < -0.3 is 15.2 Å². The van der Waals surface area contributed by atoms with E-state index in [-0.39, 0.29) is 17.9 Å². The van der Waals surface area contributed by atoms with E-state index in [0.29, 0.717) is 12.3 Å². The predicted octanol–water partition coefficient (Wildman–Crippen LogP) is 0.939. The molecule has 88 valence electrons. The second-order valence-corrected chi connectivity index (χ2v) is 4.25. The maximum absolute atomic E-state index is 11.3. The number of carbonyl (C=O) groups is 1. The molecule has 0 amide bonds. The first-order valence-electron chi connectivity index (χ1n) is 5.55. The smallest absolute Gasteiger partial charge is 0.305 e. The summed E-state index contributed by atoms with van der Waals surface area (Å²) in [4.78, 5) is 11.3. The normalized spacial score (nSPS) is 22.1. The van der Waals surface area contributed by atoms with Gasteiger partial charge in [0.05, 0.1) is 13.5 Å². The number of hydrogen-bond acceptors (Lipinski definition) is 4. The minimum atomic E-state index is -0.163. The zero-order valence-corrected chi connectivity index (χ0v) is 9.57. The number of ether oxygens (including phenoxy) is 2. The van der Waals surface area contributed by atoms with Crippen molar-refractivity contribution in [2.24, 2.45) is 17.6 Å². The molecular formula is C11H21NO3. The van der Waals surface area contributed by atoms with Gasteiger partial charge in [-0.15, -0.1) is 0 Å². The molecule has 2 unspecified atom stereocenters. The Balaban J connectivity index is 2.51. The first-order chi connectivity index (χ1) is 7.15. The van der Waals surface area contributed by atoms with Crippen molar-refractivity contribution >= 4 is 5.97 Å². The molecule has 0 saturated carbocycles. The van der Waals surface area contributed by atoms with Crippen LogP contribution in [0.25, 0.3) is 0 Å². The number of methoxy groups -OCH3 is 1. The fraction of sp³-hybridized carbons (Fsp3) is 0.909. The third kappa shape index (κ3) is 3.80. The number of esters is 1. The second-order valence-electron chi connectivity index (χ2n) is 4.25. The van der Waals surface area contributed by atoms with Gasteiger partial charge in [0.25, 0.3) is 0 Å². The third-order valence-corrected chi connectivity index (χ3v) is 3.18. The van der Waals surface area contributed by atoms with Crippen LogP contribution >= 0.6 is 0 Å². The van der Waals surface area contributed by atoms with Crippen molar-refractivity contribution in [1.29, 1.82) is 0 Å². The zero-order chi connectivity index (χ0) is 11.3. The van der Waals surface area contributed by atoms with Gasteiger partial charge in [0.1, 0.15) is 0 Å². The molecule has 0 aliphatic carbocycles. The Hall–Kier alpha value is -0.610. The van der Waals surface area contributed by atoms with Gasteiger partial charge in [0.2, 0.25) is 0 Å². The largest absolute Gasteiger partial charge is 0.469 e. The second kappa shape index (κ2) is 6.08. The number of rotatable bonds is 4. The highest BCUT2D eigenvalue weighted by Crippen LogP contribution is 2.28. The number of hydrogen-bond donors (Lipinski definition) is 1. The highest BCUT2D eigenvalue weighted by atomic mass is 16.5. The van der Waals surface area contributed by atoms with Gasteiger partial charge in [-0.3, -0.25) is 4.79 Å². The highest BCUT2D eigenvalue weighted by molar-refractivity contribution is 5.69. The Morgan fingerprint density at radius 3 is 2.60 bits per heavy atom. The summed E-state index contributed by atoms with van der Waals surface area (Å²) < 4.78 is 10.00. The summed E-state index contributed by atoms with van der Waals surface area (Å²) in [6, 6.07) is 0.0344. The summed E-state index contributed by atoms with van der Waals surface area (Å²) >= 11 is 0. The Morgan fingerprint density at radius 1 is 1.53 bits per heavy atom. The van der Waals surface area contributed by atoms with Crippen molar-refractivity contribution in [1.82, 2.24) is 0 Å². The minimum absolute atomic E-state index is 0.0344. The van der Waals surface area contributed by atoms with Gasteiger partial charge >= 0.3 is 5.97 Å². The predicted molar refractivity (Wildman–Crippen MR) is 57.3 cm³/mol. The Bertz CT molecular complexity index is 200. The van der Waals surface area contributed by atoms with Gasteiger partial charge in [-0.05, 0) is 31.6 Å². The van der Waals surface area contributed by atoms with Crippen LogP contribution in [0.2, 0.25) is 0 Å². The molecule has 4 nitrogen and oxygen atoms in total. The molecule has 1 fully saturated rings. The summed E-state index contributed by atoms with van der Waals surface area (Å²) in [5, 5.41) is 0. The Morgan fingerprint density at radius 2 is 2.13 bits per heavy atom. The molecule has 1 heterocycles. The molecule has 2 atom stereocenters. The lowest BCUT2D eigenvalue weighted by atomic mass is 9.80. The average molecular weight is 215 g/mol. The summed E-state index contributed by atoms with van der Waals surface area (Å²) in [5.41, 5.74) is 5.92. The van der Waals surface area contributed by atoms with Crippen molar-refractivity contribution in [3.8, 4) is 0 Å². The Kier molecular flexibility index (Phi) is 5.05. The molecule has 0 bridgehead atoms. The molecule has 0 aromatic heterocycles. The van der Waals surface area contributed by atoms with E-state index in [1.54, 1.807) is 0 Å². The van der Waals surface area contributed by atoms with Crippen molar-refractivity contribution in [3.63, 3.8) is 0 Å². The first kappa shape index (κ1) is 12.5. The molecule has 0 aromatic carbocycles. The lowest BCUT2D eigenvalue weighted by molar-refractivity contribution is -0.142.